The molecule has 2 aromatic rings. The predicted octanol–water partition coefficient (Wildman–Crippen LogP) is 4.50. The van der Waals surface area contributed by atoms with Crippen LogP contribution in [-0.4, -0.2) is 16.0 Å². The molecule has 0 saturated heterocycles. The number of nitrogens with zero attached hydrogens (tertiary/aromatic N) is 2. The molecule has 0 saturated carbocycles. The normalized spacial score (nSPS) is 12.4. The van der Waals surface area contributed by atoms with E-state index in [0.717, 1.165) is 30.9 Å². The average molecular weight is 310 g/mol. The molecule has 0 spiro atoms. The van der Waals surface area contributed by atoms with Gasteiger partial charge in [-0.15, -0.1) is 11.3 Å². The predicted molar refractivity (Wildman–Crippen MR) is 86.9 cm³/mol. The highest BCUT2D eigenvalue weighted by atomic mass is 35.5. The molecule has 0 aromatic carbocycles. The van der Waals surface area contributed by atoms with Crippen LogP contribution in [0, 0.1) is 6.92 Å². The summed E-state index contributed by atoms with van der Waals surface area (Å²) in [6, 6.07) is 6.45. The van der Waals surface area contributed by atoms with E-state index in [2.05, 4.69) is 48.2 Å². The summed E-state index contributed by atoms with van der Waals surface area (Å²) in [6.07, 6.45) is 2.86. The molecule has 2 heterocycles. The molecule has 20 heavy (non-hydrogen) atoms. The van der Waals surface area contributed by atoms with Crippen molar-refractivity contribution in [3.8, 4) is 0 Å². The van der Waals surface area contributed by atoms with Crippen LogP contribution in [0.4, 0.5) is 5.82 Å². The summed E-state index contributed by atoms with van der Waals surface area (Å²) < 4.78 is 0. The zero-order valence-corrected chi connectivity index (χ0v) is 13.7. The summed E-state index contributed by atoms with van der Waals surface area (Å²) in [6.45, 7) is 6.40. The van der Waals surface area contributed by atoms with Crippen molar-refractivity contribution < 1.29 is 0 Å². The molecular formula is C15H20ClN3S. The Morgan fingerprint density at radius 3 is 2.80 bits per heavy atom. The Morgan fingerprint density at radius 2 is 2.15 bits per heavy atom. The molecule has 0 aliphatic rings. The first-order chi connectivity index (χ1) is 9.56. The Balaban J connectivity index is 2.01. The van der Waals surface area contributed by atoms with Crippen LogP contribution in [0.25, 0.3) is 0 Å². The summed E-state index contributed by atoms with van der Waals surface area (Å²) >= 11 is 7.89. The Kier molecular flexibility index (Phi) is 5.38. The highest BCUT2D eigenvalue weighted by molar-refractivity contribution is 7.11. The summed E-state index contributed by atoms with van der Waals surface area (Å²) in [5.74, 6) is 1.62. The van der Waals surface area contributed by atoms with E-state index in [1.54, 1.807) is 6.07 Å². The molecule has 3 nitrogen and oxygen atoms in total. The van der Waals surface area contributed by atoms with Crippen LogP contribution in [0.1, 0.15) is 35.8 Å². The number of hydrogen-bond donors (Lipinski definition) is 1. The molecule has 5 heteroatoms. The van der Waals surface area contributed by atoms with Crippen molar-refractivity contribution in [3.63, 3.8) is 0 Å². The molecule has 0 fully saturated rings. The number of aryl methyl sites for hydroxylation is 2. The first-order valence-corrected chi connectivity index (χ1v) is 8.11. The molecule has 108 valence electrons. The van der Waals surface area contributed by atoms with Gasteiger partial charge in [-0.1, -0.05) is 18.5 Å². The van der Waals surface area contributed by atoms with Gasteiger partial charge < -0.3 is 5.32 Å². The van der Waals surface area contributed by atoms with Gasteiger partial charge in [-0.25, -0.2) is 9.97 Å². The van der Waals surface area contributed by atoms with E-state index in [9.17, 15) is 0 Å². The van der Waals surface area contributed by atoms with Gasteiger partial charge in [0.2, 0.25) is 0 Å². The number of anilines is 1. The second-order valence-corrected chi connectivity index (χ2v) is 6.76. The van der Waals surface area contributed by atoms with Crippen LogP contribution in [-0.2, 0) is 12.8 Å². The average Bonchev–Trinajstić information content (AvgIpc) is 2.74. The lowest BCUT2D eigenvalue weighted by atomic mass is 10.2. The lowest BCUT2D eigenvalue weighted by Gasteiger charge is -2.14. The van der Waals surface area contributed by atoms with Crippen LogP contribution in [0.3, 0.4) is 0 Å². The minimum absolute atomic E-state index is 0.313. The van der Waals surface area contributed by atoms with Gasteiger partial charge in [0.15, 0.2) is 0 Å². The van der Waals surface area contributed by atoms with Gasteiger partial charge in [0.05, 0.1) is 0 Å². The quantitative estimate of drug-likeness (QED) is 0.799. The number of hydrogen-bond acceptors (Lipinski definition) is 4. The van der Waals surface area contributed by atoms with Crippen molar-refractivity contribution in [1.82, 2.24) is 9.97 Å². The van der Waals surface area contributed by atoms with Crippen molar-refractivity contribution in [2.45, 2.75) is 46.1 Å². The van der Waals surface area contributed by atoms with Gasteiger partial charge in [-0.3, -0.25) is 0 Å². The van der Waals surface area contributed by atoms with E-state index in [1.807, 2.05) is 11.3 Å². The second kappa shape index (κ2) is 7.04. The molecule has 2 aromatic heterocycles. The Hall–Kier alpha value is -1.13. The van der Waals surface area contributed by atoms with Crippen molar-refractivity contribution >= 4 is 28.8 Å². The van der Waals surface area contributed by atoms with Gasteiger partial charge in [0, 0.05) is 34.7 Å². The van der Waals surface area contributed by atoms with Gasteiger partial charge in [0.25, 0.3) is 0 Å². The molecule has 0 aliphatic heterocycles. The van der Waals surface area contributed by atoms with E-state index in [-0.39, 0.29) is 0 Å². The summed E-state index contributed by atoms with van der Waals surface area (Å²) in [4.78, 5) is 11.5. The van der Waals surface area contributed by atoms with Crippen LogP contribution in [0.2, 0.25) is 5.15 Å². The Labute approximate surface area is 129 Å². The third-order valence-electron chi connectivity index (χ3n) is 2.91. The zero-order chi connectivity index (χ0) is 14.5. The summed E-state index contributed by atoms with van der Waals surface area (Å²) in [5.41, 5.74) is 0. The number of thiophene rings is 1. The molecule has 2 rings (SSSR count). The maximum absolute atomic E-state index is 6.04. The second-order valence-electron chi connectivity index (χ2n) is 5.00. The van der Waals surface area contributed by atoms with E-state index in [1.165, 1.54) is 9.75 Å². The molecular weight excluding hydrogens is 290 g/mol. The lowest BCUT2D eigenvalue weighted by molar-refractivity contribution is 0.781. The molecule has 1 N–H and O–H groups in total. The van der Waals surface area contributed by atoms with Gasteiger partial charge in [-0.05, 0) is 32.4 Å². The number of rotatable bonds is 6. The molecule has 1 unspecified atom stereocenters. The number of nitrogens with one attached hydrogen (secondary N) is 1. The molecule has 1 atom stereocenters. The SMILES string of the molecule is CCCc1nc(Cl)cc(NC(C)Cc2ccc(C)s2)n1. The van der Waals surface area contributed by atoms with E-state index < -0.39 is 0 Å². The van der Waals surface area contributed by atoms with Crippen LogP contribution < -0.4 is 5.32 Å². The monoisotopic (exact) mass is 309 g/mol. The third kappa shape index (κ3) is 4.46. The maximum atomic E-state index is 6.04. The van der Waals surface area contributed by atoms with Crippen molar-refractivity contribution in [2.24, 2.45) is 0 Å². The van der Waals surface area contributed by atoms with Crippen LogP contribution in [0.5, 0.6) is 0 Å². The van der Waals surface area contributed by atoms with E-state index >= 15 is 0 Å². The fourth-order valence-electron chi connectivity index (χ4n) is 2.07. The lowest BCUT2D eigenvalue weighted by Crippen LogP contribution is -2.19. The topological polar surface area (TPSA) is 37.8 Å². The summed E-state index contributed by atoms with van der Waals surface area (Å²) in [5, 5.41) is 3.92. The highest BCUT2D eigenvalue weighted by Gasteiger charge is 2.08. The third-order valence-corrected chi connectivity index (χ3v) is 4.13. The van der Waals surface area contributed by atoms with Crippen molar-refractivity contribution in [2.75, 3.05) is 5.32 Å². The standard InChI is InChI=1S/C15H20ClN3S/c1-4-5-14-18-13(16)9-15(19-14)17-10(2)8-12-7-6-11(3)20-12/h6-7,9-10H,4-5,8H2,1-3H3,(H,17,18,19). The Bertz CT molecular complexity index is 568. The van der Waals surface area contributed by atoms with Crippen LogP contribution in [0.15, 0.2) is 18.2 Å². The molecule has 0 aliphatic carbocycles. The number of aromatic nitrogens is 2. The van der Waals surface area contributed by atoms with Gasteiger partial charge in [0.1, 0.15) is 16.8 Å². The summed E-state index contributed by atoms with van der Waals surface area (Å²) in [7, 11) is 0. The maximum Gasteiger partial charge on any atom is 0.134 e. The molecule has 0 radical (unpaired) electrons. The molecule has 0 amide bonds. The smallest absolute Gasteiger partial charge is 0.134 e. The fraction of sp³-hybridized carbons (Fsp3) is 0.467. The van der Waals surface area contributed by atoms with Crippen LogP contribution >= 0.6 is 22.9 Å². The first-order valence-electron chi connectivity index (χ1n) is 6.92. The Morgan fingerprint density at radius 1 is 1.35 bits per heavy atom. The minimum Gasteiger partial charge on any atom is -0.367 e. The molecule has 0 bridgehead atoms. The largest absolute Gasteiger partial charge is 0.367 e. The van der Waals surface area contributed by atoms with E-state index in [0.29, 0.717) is 11.2 Å². The van der Waals surface area contributed by atoms with Crippen molar-refractivity contribution in [1.29, 1.82) is 0 Å². The van der Waals surface area contributed by atoms with Gasteiger partial charge in [-0.2, -0.15) is 0 Å². The van der Waals surface area contributed by atoms with Gasteiger partial charge >= 0.3 is 0 Å². The zero-order valence-electron chi connectivity index (χ0n) is 12.1. The van der Waals surface area contributed by atoms with Crippen molar-refractivity contribution in [3.05, 3.63) is 38.9 Å². The van der Waals surface area contributed by atoms with E-state index in [4.69, 9.17) is 11.6 Å². The first kappa shape index (κ1) is 15.3. The fourth-order valence-corrected chi connectivity index (χ4v) is 3.29. The highest BCUT2D eigenvalue weighted by Crippen LogP contribution is 2.19. The number of halogens is 1. The minimum atomic E-state index is 0.313.